The highest BCUT2D eigenvalue weighted by Crippen LogP contribution is 2.23. The van der Waals surface area contributed by atoms with Crippen LogP contribution in [0.1, 0.15) is 25.4 Å². The molecule has 0 aliphatic carbocycles. The third-order valence-corrected chi connectivity index (χ3v) is 5.05. The van der Waals surface area contributed by atoms with E-state index in [1.807, 2.05) is 9.80 Å². The Morgan fingerprint density at radius 1 is 1.33 bits per heavy atom. The van der Waals surface area contributed by atoms with E-state index in [1.54, 1.807) is 11.6 Å². The normalized spacial score (nSPS) is 14.6. The Bertz CT molecular complexity index is 832. The maximum Gasteiger partial charge on any atom is 0.234 e. The lowest BCUT2D eigenvalue weighted by Crippen LogP contribution is -2.49. The number of amides is 1. The van der Waals surface area contributed by atoms with Gasteiger partial charge in [0.25, 0.3) is 0 Å². The first-order valence-corrected chi connectivity index (χ1v) is 9.75. The van der Waals surface area contributed by atoms with Crippen LogP contribution in [0.2, 0.25) is 0 Å². The number of anilines is 1. The molecule has 0 unspecified atom stereocenters. The van der Waals surface area contributed by atoms with Gasteiger partial charge < -0.3 is 14.2 Å². The maximum atomic E-state index is 12.5. The number of carbonyl (C=O) groups excluding carboxylic acids is 1. The number of carbonyl (C=O) groups is 1. The molecule has 1 fully saturated rings. The molecule has 0 spiro atoms. The van der Waals surface area contributed by atoms with Crippen LogP contribution in [0.4, 0.5) is 5.88 Å². The standard InChI is InChI=1S/C16H22N8O2S/c1-11(2)9-24-16(19-20-21-24)27-10-14(25)22-4-6-23(7-5-22)15-13(8-17)18-12(3)26-15/h11H,4-7,9-10H2,1-3H3. The number of aromatic nitrogens is 5. The van der Waals surface area contributed by atoms with Gasteiger partial charge in [-0.05, 0) is 16.3 Å². The van der Waals surface area contributed by atoms with E-state index in [4.69, 9.17) is 9.68 Å². The minimum Gasteiger partial charge on any atom is -0.424 e. The van der Waals surface area contributed by atoms with Crippen molar-refractivity contribution in [2.24, 2.45) is 5.92 Å². The number of thioether (sulfide) groups is 1. The van der Waals surface area contributed by atoms with E-state index in [9.17, 15) is 4.79 Å². The highest BCUT2D eigenvalue weighted by Gasteiger charge is 2.26. The van der Waals surface area contributed by atoms with E-state index in [2.05, 4.69) is 40.4 Å². The molecule has 0 radical (unpaired) electrons. The van der Waals surface area contributed by atoms with E-state index in [0.717, 1.165) is 6.54 Å². The van der Waals surface area contributed by atoms with Crippen LogP contribution in [-0.4, -0.2) is 67.9 Å². The van der Waals surface area contributed by atoms with Gasteiger partial charge in [-0.1, -0.05) is 25.6 Å². The van der Waals surface area contributed by atoms with Gasteiger partial charge >= 0.3 is 0 Å². The summed E-state index contributed by atoms with van der Waals surface area (Å²) in [6.07, 6.45) is 0. The summed E-state index contributed by atoms with van der Waals surface area (Å²) in [6.45, 7) is 8.97. The topological polar surface area (TPSA) is 117 Å². The fraction of sp³-hybridized carbons (Fsp3) is 0.625. The molecule has 1 aliphatic heterocycles. The summed E-state index contributed by atoms with van der Waals surface area (Å²) in [5.41, 5.74) is 0.292. The smallest absolute Gasteiger partial charge is 0.234 e. The second kappa shape index (κ2) is 8.39. The number of piperazine rings is 1. The molecule has 1 saturated heterocycles. The van der Waals surface area contributed by atoms with Gasteiger partial charge in [-0.15, -0.1) is 5.10 Å². The molecule has 2 aromatic heterocycles. The van der Waals surface area contributed by atoms with Crippen LogP contribution in [0, 0.1) is 24.2 Å². The molecule has 0 atom stereocenters. The van der Waals surface area contributed by atoms with Crippen LogP contribution in [0.15, 0.2) is 9.57 Å². The second-order valence-corrected chi connectivity index (χ2v) is 7.63. The monoisotopic (exact) mass is 390 g/mol. The molecule has 2 aromatic rings. The van der Waals surface area contributed by atoms with E-state index < -0.39 is 0 Å². The van der Waals surface area contributed by atoms with Gasteiger partial charge in [0.2, 0.25) is 22.6 Å². The van der Waals surface area contributed by atoms with Crippen molar-refractivity contribution in [2.45, 2.75) is 32.5 Å². The van der Waals surface area contributed by atoms with E-state index in [0.29, 0.717) is 60.5 Å². The molecule has 27 heavy (non-hydrogen) atoms. The first kappa shape index (κ1) is 19.2. The molecule has 0 bridgehead atoms. The van der Waals surface area contributed by atoms with Gasteiger partial charge in [0.1, 0.15) is 6.07 Å². The zero-order valence-corrected chi connectivity index (χ0v) is 16.4. The predicted molar refractivity (Wildman–Crippen MR) is 98.1 cm³/mol. The summed E-state index contributed by atoms with van der Waals surface area (Å²) >= 11 is 1.35. The van der Waals surface area contributed by atoms with Crippen LogP contribution in [0.5, 0.6) is 0 Å². The summed E-state index contributed by atoms with van der Waals surface area (Å²) in [4.78, 5) is 20.4. The van der Waals surface area contributed by atoms with Crippen molar-refractivity contribution in [1.29, 1.82) is 5.26 Å². The molecule has 3 heterocycles. The third-order valence-electron chi connectivity index (χ3n) is 4.10. The third kappa shape index (κ3) is 4.57. The van der Waals surface area contributed by atoms with Crippen molar-refractivity contribution in [3.05, 3.63) is 11.6 Å². The molecule has 1 amide bonds. The van der Waals surface area contributed by atoms with E-state index in [1.165, 1.54) is 11.8 Å². The summed E-state index contributed by atoms with van der Waals surface area (Å²) in [5, 5.41) is 21.5. The number of oxazole rings is 1. The van der Waals surface area contributed by atoms with Crippen LogP contribution >= 0.6 is 11.8 Å². The number of nitriles is 1. The highest BCUT2D eigenvalue weighted by molar-refractivity contribution is 7.99. The molecule has 0 N–H and O–H groups in total. The molecule has 144 valence electrons. The van der Waals surface area contributed by atoms with Gasteiger partial charge in [0.05, 0.1) is 5.75 Å². The van der Waals surface area contributed by atoms with E-state index in [-0.39, 0.29) is 5.91 Å². The zero-order chi connectivity index (χ0) is 19.4. The Kier molecular flexibility index (Phi) is 5.95. The molecule has 11 heteroatoms. The molecule has 1 aliphatic rings. The number of hydrogen-bond donors (Lipinski definition) is 0. The maximum absolute atomic E-state index is 12.5. The number of aryl methyl sites for hydroxylation is 1. The zero-order valence-electron chi connectivity index (χ0n) is 15.6. The van der Waals surface area contributed by atoms with Crippen LogP contribution < -0.4 is 4.90 Å². The fourth-order valence-corrected chi connectivity index (χ4v) is 3.63. The first-order valence-electron chi connectivity index (χ1n) is 8.77. The Labute approximate surface area is 161 Å². The van der Waals surface area contributed by atoms with E-state index >= 15 is 0 Å². The first-order chi connectivity index (χ1) is 13.0. The van der Waals surface area contributed by atoms with Crippen molar-refractivity contribution < 1.29 is 9.21 Å². The minimum atomic E-state index is 0.0491. The van der Waals surface area contributed by atoms with Gasteiger partial charge in [0.15, 0.2) is 5.89 Å². The van der Waals surface area contributed by atoms with Gasteiger partial charge in [-0.3, -0.25) is 4.79 Å². The van der Waals surface area contributed by atoms with Crippen molar-refractivity contribution in [3.63, 3.8) is 0 Å². The molecular formula is C16H22N8O2S. The Balaban J connectivity index is 1.52. The lowest BCUT2D eigenvalue weighted by molar-refractivity contribution is -0.128. The van der Waals surface area contributed by atoms with Crippen LogP contribution in [-0.2, 0) is 11.3 Å². The van der Waals surface area contributed by atoms with Crippen LogP contribution in [0.25, 0.3) is 0 Å². The predicted octanol–water partition coefficient (Wildman–Crippen LogP) is 0.938. The minimum absolute atomic E-state index is 0.0491. The van der Waals surface area contributed by atoms with Crippen molar-refractivity contribution in [3.8, 4) is 6.07 Å². The second-order valence-electron chi connectivity index (χ2n) is 6.69. The molecule has 0 saturated carbocycles. The lowest BCUT2D eigenvalue weighted by atomic mass is 10.2. The molecular weight excluding hydrogens is 368 g/mol. The molecule has 0 aromatic carbocycles. The lowest BCUT2D eigenvalue weighted by Gasteiger charge is -2.34. The summed E-state index contributed by atoms with van der Waals surface area (Å²) < 4.78 is 7.27. The Hall–Kier alpha value is -2.61. The number of nitrogens with zero attached hydrogens (tertiary/aromatic N) is 8. The molecule has 10 nitrogen and oxygen atoms in total. The summed E-state index contributed by atoms with van der Waals surface area (Å²) in [6, 6.07) is 2.05. The SMILES string of the molecule is Cc1nc(C#N)c(N2CCN(C(=O)CSc3nnnn3CC(C)C)CC2)o1. The molecule has 3 rings (SSSR count). The van der Waals surface area contributed by atoms with Crippen molar-refractivity contribution in [2.75, 3.05) is 36.8 Å². The van der Waals surface area contributed by atoms with Gasteiger partial charge in [-0.25, -0.2) is 9.67 Å². The quantitative estimate of drug-likeness (QED) is 0.664. The van der Waals surface area contributed by atoms with Gasteiger partial charge in [-0.2, -0.15) is 5.26 Å². The Morgan fingerprint density at radius 2 is 2.07 bits per heavy atom. The number of hydrogen-bond acceptors (Lipinski definition) is 9. The Morgan fingerprint density at radius 3 is 2.74 bits per heavy atom. The van der Waals surface area contributed by atoms with Crippen molar-refractivity contribution >= 4 is 23.6 Å². The number of tetrazole rings is 1. The highest BCUT2D eigenvalue weighted by atomic mass is 32.2. The van der Waals surface area contributed by atoms with Crippen molar-refractivity contribution in [1.82, 2.24) is 30.1 Å². The number of rotatable bonds is 6. The van der Waals surface area contributed by atoms with Gasteiger partial charge in [0, 0.05) is 39.6 Å². The average Bonchev–Trinajstić information content (AvgIpc) is 3.25. The fourth-order valence-electron chi connectivity index (χ4n) is 2.84. The largest absolute Gasteiger partial charge is 0.424 e. The summed E-state index contributed by atoms with van der Waals surface area (Å²) in [7, 11) is 0. The average molecular weight is 390 g/mol. The van der Waals surface area contributed by atoms with Crippen LogP contribution in [0.3, 0.4) is 0 Å². The summed E-state index contributed by atoms with van der Waals surface area (Å²) in [5.74, 6) is 1.73.